The summed E-state index contributed by atoms with van der Waals surface area (Å²) in [4.78, 5) is 29.0. The Morgan fingerprint density at radius 3 is 2.13 bits per heavy atom. The van der Waals surface area contributed by atoms with Crippen LogP contribution >= 0.6 is 11.8 Å². The monoisotopic (exact) mass is 575 g/mol. The summed E-state index contributed by atoms with van der Waals surface area (Å²) in [6.45, 7) is 4.71. The highest BCUT2D eigenvalue weighted by Gasteiger charge is 2.31. The number of carbonyl (C=O) groups is 2. The Hall–Kier alpha value is -3.45. The van der Waals surface area contributed by atoms with E-state index in [1.54, 1.807) is 38.2 Å². The number of aliphatic hydroxyl groups excluding tert-OH is 1. The quantitative estimate of drug-likeness (QED) is 0.339. The molecule has 2 heterocycles. The molecule has 1 atom stereocenters. The number of thioether (sulfide) groups is 1. The fourth-order valence-electron chi connectivity index (χ4n) is 3.05. The molecule has 2 amide bonds. The molecule has 1 aromatic heterocycles. The maximum absolute atomic E-state index is 11.6. The van der Waals surface area contributed by atoms with Crippen LogP contribution in [0.25, 0.3) is 0 Å². The first-order valence-electron chi connectivity index (χ1n) is 12.0. The van der Waals surface area contributed by atoms with Crippen LogP contribution in [0.4, 0.5) is 10.6 Å². The molecule has 0 spiro atoms. The number of aliphatic hydroxyl groups is 1. The molecule has 3 aromatic rings. The molecule has 1 saturated heterocycles. The van der Waals surface area contributed by atoms with Crippen LogP contribution in [0.2, 0.25) is 0 Å². The topological polar surface area (TPSA) is 146 Å². The van der Waals surface area contributed by atoms with E-state index in [1.807, 2.05) is 54.4 Å². The average Bonchev–Trinajstić information content (AvgIpc) is 3.21. The number of likely N-dealkylation sites (N-methyl/N-ethyl adjacent to an activating group) is 1. The first-order chi connectivity index (χ1) is 18.5. The summed E-state index contributed by atoms with van der Waals surface area (Å²) in [5.41, 5.74) is 1.00. The maximum atomic E-state index is 11.6. The van der Waals surface area contributed by atoms with E-state index in [-0.39, 0.29) is 27.4 Å². The Morgan fingerprint density at radius 1 is 1.03 bits per heavy atom. The predicted octanol–water partition coefficient (Wildman–Crippen LogP) is 3.81. The van der Waals surface area contributed by atoms with Crippen molar-refractivity contribution in [1.29, 1.82) is 0 Å². The first kappa shape index (κ1) is 31.8. The van der Waals surface area contributed by atoms with Crippen molar-refractivity contribution in [3.63, 3.8) is 0 Å². The average molecular weight is 576 g/mol. The minimum Gasteiger partial charge on any atom is -0.492 e. The molecule has 1 aliphatic rings. The van der Waals surface area contributed by atoms with Gasteiger partial charge in [0.2, 0.25) is 5.91 Å². The number of carbonyl (C=O) groups excluding carboxylic acids is 2. The first-order valence-corrected chi connectivity index (χ1v) is 14.3. The molecule has 1 fully saturated rings. The van der Waals surface area contributed by atoms with Gasteiger partial charge in [0.05, 0.1) is 16.7 Å². The van der Waals surface area contributed by atoms with E-state index >= 15 is 0 Å². The number of aromatic nitrogens is 1. The Bertz CT molecular complexity index is 1270. The third-order valence-corrected chi connectivity index (χ3v) is 6.74. The Kier molecular flexibility index (Phi) is 12.9. The molecule has 1 aliphatic heterocycles. The van der Waals surface area contributed by atoms with E-state index in [2.05, 4.69) is 10.3 Å². The summed E-state index contributed by atoms with van der Waals surface area (Å²) in [6, 6.07) is 20.8. The third-order valence-electron chi connectivity index (χ3n) is 4.89. The van der Waals surface area contributed by atoms with Gasteiger partial charge in [0.25, 0.3) is 15.4 Å². The second-order valence-corrected chi connectivity index (χ2v) is 11.2. The molecule has 0 aliphatic carbocycles. The van der Waals surface area contributed by atoms with Crippen LogP contribution in [0, 0.1) is 0 Å². The maximum Gasteiger partial charge on any atom is 0.294 e. The largest absolute Gasteiger partial charge is 0.492 e. The van der Waals surface area contributed by atoms with E-state index in [9.17, 15) is 18.0 Å². The smallest absolute Gasteiger partial charge is 0.294 e. The molecule has 39 heavy (non-hydrogen) atoms. The highest BCUT2D eigenvalue weighted by molar-refractivity contribution is 8.15. The molecule has 2 aromatic carbocycles. The summed E-state index contributed by atoms with van der Waals surface area (Å²) in [7, 11) is -2.03. The molecule has 0 saturated carbocycles. The van der Waals surface area contributed by atoms with Crippen LogP contribution < -0.4 is 15.0 Å². The van der Waals surface area contributed by atoms with E-state index in [0.717, 1.165) is 35.4 Å². The van der Waals surface area contributed by atoms with Crippen molar-refractivity contribution in [1.82, 2.24) is 10.3 Å². The van der Waals surface area contributed by atoms with Crippen molar-refractivity contribution >= 4 is 38.8 Å². The lowest BCUT2D eigenvalue weighted by atomic mass is 10.1. The highest BCUT2D eigenvalue weighted by atomic mass is 32.2. The van der Waals surface area contributed by atoms with Gasteiger partial charge in [0.15, 0.2) is 0 Å². The number of rotatable bonds is 8. The SMILES string of the molecule is CC(C)O.CN(CCOc1ccc(CC2SC(=O)NC2=O)cc1)c1ccccn1.O=S(=O)(O)c1ccccc1. The van der Waals surface area contributed by atoms with Crippen molar-refractivity contribution in [2.75, 3.05) is 25.1 Å². The molecule has 210 valence electrons. The number of nitrogens with zero attached hydrogens (tertiary/aromatic N) is 2. The Morgan fingerprint density at radius 2 is 1.64 bits per heavy atom. The van der Waals surface area contributed by atoms with Gasteiger partial charge in [-0.1, -0.05) is 48.2 Å². The van der Waals surface area contributed by atoms with Gasteiger partial charge in [0, 0.05) is 19.3 Å². The van der Waals surface area contributed by atoms with Gasteiger partial charge < -0.3 is 14.7 Å². The summed E-state index contributed by atoms with van der Waals surface area (Å²) in [5.74, 6) is 1.47. The van der Waals surface area contributed by atoms with E-state index in [4.69, 9.17) is 14.4 Å². The van der Waals surface area contributed by atoms with Crippen molar-refractivity contribution in [3.8, 4) is 5.75 Å². The predicted molar refractivity (Wildman–Crippen MR) is 152 cm³/mol. The molecule has 12 heteroatoms. The lowest BCUT2D eigenvalue weighted by Crippen LogP contribution is -2.25. The van der Waals surface area contributed by atoms with E-state index < -0.39 is 10.1 Å². The number of nitrogens with one attached hydrogen (secondary N) is 1. The molecular weight excluding hydrogens is 542 g/mol. The fraction of sp³-hybridized carbons (Fsp3) is 0.296. The van der Waals surface area contributed by atoms with Crippen LogP contribution in [-0.4, -0.2) is 65.8 Å². The van der Waals surface area contributed by atoms with Gasteiger partial charge in [-0.2, -0.15) is 8.42 Å². The van der Waals surface area contributed by atoms with Crippen LogP contribution in [0.5, 0.6) is 5.75 Å². The number of pyridine rings is 1. The number of hydrogen-bond acceptors (Lipinski definition) is 9. The van der Waals surface area contributed by atoms with Crippen LogP contribution in [-0.2, 0) is 21.3 Å². The van der Waals surface area contributed by atoms with Gasteiger partial charge in [-0.15, -0.1) is 0 Å². The minimum atomic E-state index is -4.00. The van der Waals surface area contributed by atoms with Gasteiger partial charge in [-0.05, 0) is 62.2 Å². The number of ether oxygens (including phenoxy) is 1. The number of amides is 2. The number of anilines is 1. The van der Waals surface area contributed by atoms with Crippen molar-refractivity contribution < 1.29 is 32.4 Å². The molecule has 3 N–H and O–H groups in total. The molecule has 0 radical (unpaired) electrons. The van der Waals surface area contributed by atoms with E-state index in [0.29, 0.717) is 13.0 Å². The van der Waals surface area contributed by atoms with Gasteiger partial charge >= 0.3 is 0 Å². The van der Waals surface area contributed by atoms with E-state index in [1.165, 1.54) is 12.1 Å². The summed E-state index contributed by atoms with van der Waals surface area (Å²) in [6.07, 6.45) is 2.13. The highest BCUT2D eigenvalue weighted by Crippen LogP contribution is 2.24. The molecule has 4 rings (SSSR count). The number of imide groups is 1. The molecule has 10 nitrogen and oxygen atoms in total. The van der Waals surface area contributed by atoms with Crippen molar-refractivity contribution in [2.24, 2.45) is 0 Å². The Labute approximate surface area is 233 Å². The standard InChI is InChI=1S/C18H19N3O3S.C6H6O3S.C3H8O/c1-21(16-4-2-3-9-19-16)10-11-24-14-7-5-13(6-8-14)12-15-17(22)20-18(23)25-15;7-10(8,9)6-4-2-1-3-5-6;1-3(2)4/h2-9,15H,10-12H2,1H3,(H,20,22,23);1-5H,(H,7,8,9);3-4H,1-2H3. The van der Waals surface area contributed by atoms with Gasteiger partial charge in [0.1, 0.15) is 18.2 Å². The van der Waals surface area contributed by atoms with Crippen LogP contribution in [0.1, 0.15) is 19.4 Å². The normalized spacial score (nSPS) is 14.5. The van der Waals surface area contributed by atoms with Gasteiger partial charge in [-0.3, -0.25) is 19.5 Å². The van der Waals surface area contributed by atoms with Crippen LogP contribution in [0.15, 0.2) is 83.9 Å². The molecular formula is C27H33N3O7S2. The summed E-state index contributed by atoms with van der Waals surface area (Å²) in [5, 5.41) is 9.74. The molecule has 0 bridgehead atoms. The summed E-state index contributed by atoms with van der Waals surface area (Å²) < 4.78 is 35.0. The fourth-order valence-corrected chi connectivity index (χ4v) is 4.41. The number of hydrogen-bond donors (Lipinski definition) is 3. The zero-order chi connectivity index (χ0) is 28.8. The Balaban J connectivity index is 0.000000315. The van der Waals surface area contributed by atoms with Crippen LogP contribution in [0.3, 0.4) is 0 Å². The second kappa shape index (κ2) is 15.8. The molecule has 1 unspecified atom stereocenters. The lowest BCUT2D eigenvalue weighted by molar-refractivity contribution is -0.118. The zero-order valence-corrected chi connectivity index (χ0v) is 23.6. The van der Waals surface area contributed by atoms with Gasteiger partial charge in [-0.25, -0.2) is 4.98 Å². The van der Waals surface area contributed by atoms with Crippen molar-refractivity contribution in [2.45, 2.75) is 36.5 Å². The lowest BCUT2D eigenvalue weighted by Gasteiger charge is -2.18. The number of benzene rings is 2. The second-order valence-electron chi connectivity index (χ2n) is 8.57. The third kappa shape index (κ3) is 12.3. The summed E-state index contributed by atoms with van der Waals surface area (Å²) >= 11 is 1.05. The minimum absolute atomic E-state index is 0.0741. The van der Waals surface area contributed by atoms with Crippen molar-refractivity contribution in [3.05, 3.63) is 84.6 Å². The zero-order valence-electron chi connectivity index (χ0n) is 21.9.